The summed E-state index contributed by atoms with van der Waals surface area (Å²) < 4.78 is 0. The summed E-state index contributed by atoms with van der Waals surface area (Å²) in [7, 11) is 0. The number of rotatable bonds is 2. The highest BCUT2D eigenvalue weighted by Gasteiger charge is 2.21. The molecular formula is C6H8Cl2. The zero-order valence-corrected chi connectivity index (χ0v) is 5.99. The quantitative estimate of drug-likeness (QED) is 0.419. The molecule has 8 heavy (non-hydrogen) atoms. The summed E-state index contributed by atoms with van der Waals surface area (Å²) in [5.74, 6) is 2.53. The van der Waals surface area contributed by atoms with Crippen LogP contribution in [0.1, 0.15) is 0 Å². The molecule has 2 atom stereocenters. The molecule has 0 fully saturated rings. The standard InChI is InChI=1S/C6H8Cl2/c7-3-5-1-2-6(5)4-8/h1-2,5-6H,3-4H2/t5-,6+. The van der Waals surface area contributed by atoms with Crippen LogP contribution in [-0.2, 0) is 0 Å². The van der Waals surface area contributed by atoms with Crippen molar-refractivity contribution in [1.29, 1.82) is 0 Å². The van der Waals surface area contributed by atoms with Crippen molar-refractivity contribution < 1.29 is 0 Å². The normalized spacial score (nSPS) is 34.8. The van der Waals surface area contributed by atoms with Gasteiger partial charge in [-0.1, -0.05) is 12.2 Å². The summed E-state index contributed by atoms with van der Waals surface area (Å²) in [6, 6.07) is 0. The lowest BCUT2D eigenvalue weighted by molar-refractivity contribution is 0.512. The fourth-order valence-corrected chi connectivity index (χ4v) is 1.42. The minimum Gasteiger partial charge on any atom is -0.126 e. The maximum atomic E-state index is 5.57. The van der Waals surface area contributed by atoms with E-state index in [0.717, 1.165) is 0 Å². The Kier molecular flexibility index (Phi) is 2.21. The molecule has 0 bridgehead atoms. The van der Waals surface area contributed by atoms with Crippen LogP contribution < -0.4 is 0 Å². The Morgan fingerprint density at radius 1 is 1.00 bits per heavy atom. The topological polar surface area (TPSA) is 0 Å². The van der Waals surface area contributed by atoms with E-state index in [1.807, 2.05) is 0 Å². The van der Waals surface area contributed by atoms with Crippen molar-refractivity contribution in [2.24, 2.45) is 11.8 Å². The molecule has 0 N–H and O–H groups in total. The molecule has 0 radical (unpaired) electrons. The van der Waals surface area contributed by atoms with Gasteiger partial charge in [0.05, 0.1) is 0 Å². The van der Waals surface area contributed by atoms with Crippen LogP contribution in [0.2, 0.25) is 0 Å². The largest absolute Gasteiger partial charge is 0.126 e. The summed E-state index contributed by atoms with van der Waals surface area (Å²) in [6.07, 6.45) is 4.22. The van der Waals surface area contributed by atoms with Crippen molar-refractivity contribution in [1.82, 2.24) is 0 Å². The lowest BCUT2D eigenvalue weighted by Gasteiger charge is -2.24. The second kappa shape index (κ2) is 2.75. The van der Waals surface area contributed by atoms with Crippen molar-refractivity contribution in [3.8, 4) is 0 Å². The average Bonchev–Trinajstić information content (AvgIpc) is 1.66. The highest BCUT2D eigenvalue weighted by Crippen LogP contribution is 2.27. The first-order valence-corrected chi connectivity index (χ1v) is 3.75. The molecule has 0 amide bonds. The van der Waals surface area contributed by atoms with Crippen molar-refractivity contribution >= 4 is 23.2 Å². The fourth-order valence-electron chi connectivity index (χ4n) is 0.757. The Hall–Kier alpha value is 0.320. The van der Waals surface area contributed by atoms with Crippen molar-refractivity contribution in [2.75, 3.05) is 11.8 Å². The predicted octanol–water partition coefficient (Wildman–Crippen LogP) is 2.27. The molecule has 0 heterocycles. The summed E-state index contributed by atoms with van der Waals surface area (Å²) in [4.78, 5) is 0. The smallest absolute Gasteiger partial charge is 0.0292 e. The van der Waals surface area contributed by atoms with Gasteiger partial charge >= 0.3 is 0 Å². The lowest BCUT2D eigenvalue weighted by Crippen LogP contribution is -2.21. The third-order valence-electron chi connectivity index (χ3n) is 1.51. The SMILES string of the molecule is ClC[C@H]1C=C[C@H]1CCl. The number of allylic oxidation sites excluding steroid dienone is 2. The van der Waals surface area contributed by atoms with Gasteiger partial charge in [0, 0.05) is 11.8 Å². The Morgan fingerprint density at radius 3 is 1.50 bits per heavy atom. The molecule has 0 spiro atoms. The minimum atomic E-state index is 0.550. The van der Waals surface area contributed by atoms with E-state index in [1.165, 1.54) is 0 Å². The molecule has 46 valence electrons. The first-order valence-electron chi connectivity index (χ1n) is 2.68. The number of hydrogen-bond donors (Lipinski definition) is 0. The van der Waals surface area contributed by atoms with Crippen molar-refractivity contribution in [3.63, 3.8) is 0 Å². The van der Waals surface area contributed by atoms with Gasteiger partial charge in [0.25, 0.3) is 0 Å². The molecule has 0 unspecified atom stereocenters. The maximum absolute atomic E-state index is 5.57. The highest BCUT2D eigenvalue weighted by atomic mass is 35.5. The Labute approximate surface area is 59.5 Å². The first-order chi connectivity index (χ1) is 3.88. The zero-order valence-electron chi connectivity index (χ0n) is 4.48. The van der Waals surface area contributed by atoms with Crippen LogP contribution in [0, 0.1) is 11.8 Å². The minimum absolute atomic E-state index is 0.550. The third-order valence-corrected chi connectivity index (χ3v) is 2.22. The van der Waals surface area contributed by atoms with E-state index >= 15 is 0 Å². The van der Waals surface area contributed by atoms with Crippen LogP contribution >= 0.6 is 23.2 Å². The molecular weight excluding hydrogens is 143 g/mol. The molecule has 0 aromatic carbocycles. The summed E-state index contributed by atoms with van der Waals surface area (Å²) >= 11 is 11.1. The van der Waals surface area contributed by atoms with Crippen LogP contribution in [0.25, 0.3) is 0 Å². The Balaban J connectivity index is 2.30. The van der Waals surface area contributed by atoms with Gasteiger partial charge < -0.3 is 0 Å². The first kappa shape index (κ1) is 6.44. The molecule has 0 aromatic rings. The third kappa shape index (κ3) is 1.01. The van der Waals surface area contributed by atoms with E-state index in [9.17, 15) is 0 Å². The van der Waals surface area contributed by atoms with E-state index in [4.69, 9.17) is 23.2 Å². The molecule has 1 rings (SSSR count). The molecule has 2 heteroatoms. The van der Waals surface area contributed by atoms with E-state index in [0.29, 0.717) is 23.6 Å². The van der Waals surface area contributed by atoms with Gasteiger partial charge in [-0.2, -0.15) is 0 Å². The van der Waals surface area contributed by atoms with E-state index in [1.54, 1.807) is 0 Å². The van der Waals surface area contributed by atoms with Crippen molar-refractivity contribution in [2.45, 2.75) is 0 Å². The molecule has 0 aromatic heterocycles. The summed E-state index contributed by atoms with van der Waals surface area (Å²) in [6.45, 7) is 0. The fraction of sp³-hybridized carbons (Fsp3) is 0.667. The lowest BCUT2D eigenvalue weighted by atomic mass is 9.85. The van der Waals surface area contributed by atoms with Crippen LogP contribution in [0.4, 0.5) is 0 Å². The van der Waals surface area contributed by atoms with Gasteiger partial charge in [-0.15, -0.1) is 23.2 Å². The monoisotopic (exact) mass is 150 g/mol. The van der Waals surface area contributed by atoms with Crippen LogP contribution in [0.3, 0.4) is 0 Å². The average molecular weight is 151 g/mol. The predicted molar refractivity (Wildman–Crippen MR) is 37.6 cm³/mol. The van der Waals surface area contributed by atoms with E-state index in [2.05, 4.69) is 12.2 Å². The van der Waals surface area contributed by atoms with E-state index < -0.39 is 0 Å². The van der Waals surface area contributed by atoms with Gasteiger partial charge in [0.2, 0.25) is 0 Å². The number of alkyl halides is 2. The van der Waals surface area contributed by atoms with Crippen molar-refractivity contribution in [3.05, 3.63) is 12.2 Å². The number of halogens is 2. The van der Waals surface area contributed by atoms with Gasteiger partial charge in [-0.05, 0) is 11.8 Å². The number of hydrogen-bond acceptors (Lipinski definition) is 0. The summed E-state index contributed by atoms with van der Waals surface area (Å²) in [5.41, 5.74) is 0. The molecule has 0 saturated carbocycles. The Bertz CT molecular complexity index is 86.7. The van der Waals surface area contributed by atoms with Gasteiger partial charge in [-0.25, -0.2) is 0 Å². The molecule has 1 aliphatic rings. The van der Waals surface area contributed by atoms with Crippen LogP contribution in [-0.4, -0.2) is 11.8 Å². The van der Waals surface area contributed by atoms with Gasteiger partial charge in [0.15, 0.2) is 0 Å². The van der Waals surface area contributed by atoms with Gasteiger partial charge in [-0.3, -0.25) is 0 Å². The highest BCUT2D eigenvalue weighted by molar-refractivity contribution is 6.19. The van der Waals surface area contributed by atoms with Gasteiger partial charge in [0.1, 0.15) is 0 Å². The maximum Gasteiger partial charge on any atom is 0.0292 e. The van der Waals surface area contributed by atoms with E-state index in [-0.39, 0.29) is 0 Å². The summed E-state index contributed by atoms with van der Waals surface area (Å²) in [5, 5.41) is 0. The molecule has 0 aliphatic heterocycles. The second-order valence-corrected chi connectivity index (χ2v) is 2.64. The van der Waals surface area contributed by atoms with Crippen LogP contribution in [0.5, 0.6) is 0 Å². The molecule has 0 nitrogen and oxygen atoms in total. The zero-order chi connectivity index (χ0) is 5.98. The van der Waals surface area contributed by atoms with Crippen LogP contribution in [0.15, 0.2) is 12.2 Å². The molecule has 1 aliphatic carbocycles. The molecule has 0 saturated heterocycles. The Morgan fingerprint density at radius 2 is 1.38 bits per heavy atom. The second-order valence-electron chi connectivity index (χ2n) is 2.02.